The molecule has 2 aliphatic rings. The molecule has 0 unspecified atom stereocenters. The number of hydrogen-bond acceptors (Lipinski definition) is 7. The fourth-order valence-corrected chi connectivity index (χ4v) is 5.81. The van der Waals surface area contributed by atoms with Gasteiger partial charge >= 0.3 is 0 Å². The van der Waals surface area contributed by atoms with Gasteiger partial charge in [0.2, 0.25) is 6.79 Å². The highest BCUT2D eigenvalue weighted by atomic mass is 127. The van der Waals surface area contributed by atoms with Crippen LogP contribution in [0.2, 0.25) is 10.0 Å². The summed E-state index contributed by atoms with van der Waals surface area (Å²) in [4.78, 5) is 27.4. The number of carbonyl (C=O) groups excluding carboxylic acids is 2. The summed E-state index contributed by atoms with van der Waals surface area (Å²) in [5.41, 5.74) is 2.27. The SMILES string of the molecule is CCOc1cc(/C=C2\SC(=O)N(Cc3cc4c(cc3Cl)OCO4)C2=O)cc(I)c1OCc1ccc(Cl)cc1. The number of hydrogen-bond donors (Lipinski definition) is 0. The van der Waals surface area contributed by atoms with E-state index in [1.807, 2.05) is 37.3 Å². The zero-order valence-electron chi connectivity index (χ0n) is 20.0. The smallest absolute Gasteiger partial charge is 0.293 e. The van der Waals surface area contributed by atoms with Gasteiger partial charge in [-0.15, -0.1) is 0 Å². The van der Waals surface area contributed by atoms with Crippen molar-refractivity contribution in [1.29, 1.82) is 0 Å². The summed E-state index contributed by atoms with van der Waals surface area (Å²) in [6.07, 6.45) is 1.68. The van der Waals surface area contributed by atoms with Crippen molar-refractivity contribution in [1.82, 2.24) is 4.90 Å². The molecule has 2 heterocycles. The number of benzene rings is 3. The molecule has 0 N–H and O–H groups in total. The van der Waals surface area contributed by atoms with Gasteiger partial charge in [-0.05, 0) is 94.4 Å². The van der Waals surface area contributed by atoms with Crippen molar-refractivity contribution in [3.63, 3.8) is 0 Å². The molecular weight excluding hydrogens is 664 g/mol. The minimum Gasteiger partial charge on any atom is -0.490 e. The van der Waals surface area contributed by atoms with Gasteiger partial charge in [0.15, 0.2) is 23.0 Å². The quantitative estimate of drug-likeness (QED) is 0.179. The number of imide groups is 1. The first kappa shape index (κ1) is 27.0. The lowest BCUT2D eigenvalue weighted by atomic mass is 10.1. The standard InChI is InChI=1S/C27H20Cl2INO6S/c1-2-34-23-8-16(7-20(30)25(23)35-13-15-3-5-18(28)6-4-15)9-24-26(32)31(27(33)38-24)12-17-10-21-22(11-19(17)29)37-14-36-21/h3-11H,2,12-14H2,1H3/b24-9-. The first-order valence-corrected chi connectivity index (χ1v) is 14.1. The van der Waals surface area contributed by atoms with E-state index >= 15 is 0 Å². The molecule has 0 saturated carbocycles. The second-order valence-corrected chi connectivity index (χ2v) is 11.2. The number of ether oxygens (including phenoxy) is 4. The van der Waals surface area contributed by atoms with E-state index in [-0.39, 0.29) is 18.6 Å². The van der Waals surface area contributed by atoms with Crippen molar-refractivity contribution in [3.8, 4) is 23.0 Å². The minimum atomic E-state index is -0.398. The molecule has 0 bridgehead atoms. The third-order valence-electron chi connectivity index (χ3n) is 5.67. The van der Waals surface area contributed by atoms with Crippen LogP contribution in [-0.4, -0.2) is 29.4 Å². The number of nitrogens with zero attached hydrogens (tertiary/aromatic N) is 1. The van der Waals surface area contributed by atoms with Crippen LogP contribution < -0.4 is 18.9 Å². The van der Waals surface area contributed by atoms with Crippen molar-refractivity contribution in [3.05, 3.63) is 83.7 Å². The lowest BCUT2D eigenvalue weighted by Crippen LogP contribution is -2.27. The Morgan fingerprint density at radius 1 is 1.05 bits per heavy atom. The van der Waals surface area contributed by atoms with Gasteiger partial charge in [0, 0.05) is 16.1 Å². The molecule has 5 rings (SSSR count). The van der Waals surface area contributed by atoms with E-state index in [9.17, 15) is 9.59 Å². The number of amides is 2. The molecule has 196 valence electrons. The Morgan fingerprint density at radius 2 is 1.79 bits per heavy atom. The van der Waals surface area contributed by atoms with Crippen molar-refractivity contribution in [2.24, 2.45) is 0 Å². The molecule has 1 saturated heterocycles. The zero-order chi connectivity index (χ0) is 26.8. The Bertz CT molecular complexity index is 1450. The lowest BCUT2D eigenvalue weighted by molar-refractivity contribution is -0.123. The highest BCUT2D eigenvalue weighted by Crippen LogP contribution is 2.40. The Balaban J connectivity index is 1.35. The Kier molecular flexibility index (Phi) is 8.27. The van der Waals surface area contributed by atoms with Gasteiger partial charge in [-0.1, -0.05) is 35.3 Å². The van der Waals surface area contributed by atoms with E-state index in [1.54, 1.807) is 24.3 Å². The third-order valence-corrected chi connectivity index (χ3v) is 7.98. The van der Waals surface area contributed by atoms with Crippen LogP contribution in [0, 0.1) is 3.57 Å². The van der Waals surface area contributed by atoms with Crippen LogP contribution in [0.1, 0.15) is 23.6 Å². The van der Waals surface area contributed by atoms with E-state index in [4.69, 9.17) is 42.1 Å². The number of thioether (sulfide) groups is 1. The molecule has 2 aliphatic heterocycles. The van der Waals surface area contributed by atoms with Crippen molar-refractivity contribution >= 4 is 74.8 Å². The van der Waals surface area contributed by atoms with Crippen molar-refractivity contribution < 1.29 is 28.5 Å². The topological polar surface area (TPSA) is 74.3 Å². The van der Waals surface area contributed by atoms with Crippen LogP contribution in [0.15, 0.2) is 53.4 Å². The van der Waals surface area contributed by atoms with Gasteiger partial charge in [0.25, 0.3) is 11.1 Å². The molecule has 38 heavy (non-hydrogen) atoms. The van der Waals surface area contributed by atoms with Crippen LogP contribution in [-0.2, 0) is 17.9 Å². The molecule has 3 aromatic carbocycles. The van der Waals surface area contributed by atoms with Crippen LogP contribution in [0.5, 0.6) is 23.0 Å². The summed E-state index contributed by atoms with van der Waals surface area (Å²) in [5, 5.41) is 0.672. The highest BCUT2D eigenvalue weighted by Gasteiger charge is 2.36. The summed E-state index contributed by atoms with van der Waals surface area (Å²) in [6, 6.07) is 14.4. The Morgan fingerprint density at radius 3 is 2.53 bits per heavy atom. The van der Waals surface area contributed by atoms with Crippen molar-refractivity contribution in [2.75, 3.05) is 13.4 Å². The summed E-state index contributed by atoms with van der Waals surface area (Å²) in [6.45, 7) is 2.79. The van der Waals surface area contributed by atoms with E-state index < -0.39 is 5.91 Å². The molecule has 3 aromatic rings. The molecule has 2 amide bonds. The fourth-order valence-electron chi connectivity index (χ4n) is 3.85. The summed E-state index contributed by atoms with van der Waals surface area (Å²) in [5.74, 6) is 1.82. The third kappa shape index (κ3) is 5.85. The van der Waals surface area contributed by atoms with Gasteiger partial charge < -0.3 is 18.9 Å². The van der Waals surface area contributed by atoms with Gasteiger partial charge in [-0.2, -0.15) is 0 Å². The molecule has 0 spiro atoms. The predicted octanol–water partition coefficient (Wildman–Crippen LogP) is 7.54. The summed E-state index contributed by atoms with van der Waals surface area (Å²) < 4.78 is 23.4. The molecule has 0 atom stereocenters. The largest absolute Gasteiger partial charge is 0.490 e. The summed E-state index contributed by atoms with van der Waals surface area (Å²) >= 11 is 15.4. The van der Waals surface area contributed by atoms with Crippen LogP contribution in [0.25, 0.3) is 6.08 Å². The van der Waals surface area contributed by atoms with Gasteiger partial charge in [0.1, 0.15) is 6.61 Å². The average Bonchev–Trinajstić information content (AvgIpc) is 3.44. The van der Waals surface area contributed by atoms with E-state index in [0.29, 0.717) is 62.3 Å². The molecule has 11 heteroatoms. The molecule has 1 fully saturated rings. The molecule has 0 aliphatic carbocycles. The van der Waals surface area contributed by atoms with Gasteiger partial charge in [-0.3, -0.25) is 14.5 Å². The number of carbonyl (C=O) groups is 2. The maximum atomic E-state index is 13.2. The maximum absolute atomic E-state index is 13.2. The van der Waals surface area contributed by atoms with E-state index in [0.717, 1.165) is 25.8 Å². The second-order valence-electron chi connectivity index (χ2n) is 8.24. The van der Waals surface area contributed by atoms with Crippen LogP contribution >= 0.6 is 57.6 Å². The van der Waals surface area contributed by atoms with E-state index in [1.165, 1.54) is 0 Å². The fraction of sp³-hybridized carbons (Fsp3) is 0.185. The predicted molar refractivity (Wildman–Crippen MR) is 155 cm³/mol. The average molecular weight is 684 g/mol. The first-order chi connectivity index (χ1) is 18.3. The van der Waals surface area contributed by atoms with Crippen LogP contribution in [0.3, 0.4) is 0 Å². The molecular formula is C27H20Cl2INO6S. The number of rotatable bonds is 8. The second kappa shape index (κ2) is 11.6. The summed E-state index contributed by atoms with van der Waals surface area (Å²) in [7, 11) is 0. The van der Waals surface area contributed by atoms with Gasteiger partial charge in [-0.25, -0.2) is 0 Å². The lowest BCUT2D eigenvalue weighted by Gasteiger charge is -2.15. The maximum Gasteiger partial charge on any atom is 0.293 e. The van der Waals surface area contributed by atoms with Gasteiger partial charge in [0.05, 0.1) is 21.6 Å². The number of halogens is 3. The normalized spacial score (nSPS) is 15.5. The molecule has 0 radical (unpaired) electrons. The van der Waals surface area contributed by atoms with E-state index in [2.05, 4.69) is 22.6 Å². The number of fused-ring (bicyclic) bond motifs is 1. The van der Waals surface area contributed by atoms with Crippen LogP contribution in [0.4, 0.5) is 4.79 Å². The Labute approximate surface area is 247 Å². The minimum absolute atomic E-state index is 0.0245. The highest BCUT2D eigenvalue weighted by molar-refractivity contribution is 14.1. The first-order valence-electron chi connectivity index (χ1n) is 11.5. The van der Waals surface area contributed by atoms with Crippen molar-refractivity contribution in [2.45, 2.75) is 20.1 Å². The molecule has 0 aromatic heterocycles. The monoisotopic (exact) mass is 683 g/mol. The Hall–Kier alpha value is -2.60. The zero-order valence-corrected chi connectivity index (χ0v) is 24.4. The molecule has 7 nitrogen and oxygen atoms in total.